The molecule has 9 heteroatoms. The average Bonchev–Trinajstić information content (AvgIpc) is 2.30. The van der Waals surface area contributed by atoms with Gasteiger partial charge in [0.1, 0.15) is 0 Å². The third kappa shape index (κ3) is 4.84. The lowest BCUT2D eigenvalue weighted by Gasteiger charge is -2.07. The lowest BCUT2D eigenvalue weighted by Crippen LogP contribution is -2.33. The van der Waals surface area contributed by atoms with Gasteiger partial charge in [-0.15, -0.1) is 5.10 Å². The number of hydrogen-bond donors (Lipinski definition) is 4. The molecule has 0 aliphatic heterocycles. The second-order valence-corrected chi connectivity index (χ2v) is 2.99. The predicted molar refractivity (Wildman–Crippen MR) is 55.1 cm³/mol. The number of anilines is 1. The molecule has 0 bridgehead atoms. The molecule has 0 aromatic carbocycles. The Kier molecular flexibility index (Phi) is 4.76. The number of hydrogen-bond acceptors (Lipinski definition) is 6. The van der Waals surface area contributed by atoms with Crippen molar-refractivity contribution in [3.8, 4) is 0 Å². The van der Waals surface area contributed by atoms with Crippen molar-refractivity contribution < 1.29 is 19.8 Å². The van der Waals surface area contributed by atoms with E-state index in [2.05, 4.69) is 25.8 Å². The molecule has 1 unspecified atom stereocenters. The van der Waals surface area contributed by atoms with Gasteiger partial charge in [-0.2, -0.15) is 5.10 Å². The summed E-state index contributed by atoms with van der Waals surface area (Å²) in [6, 6.07) is -0.601. The molecule has 0 fully saturated rings. The maximum atomic E-state index is 11.2. The van der Waals surface area contributed by atoms with Crippen LogP contribution in [0.2, 0.25) is 0 Å². The number of aromatic nitrogens is 3. The molecule has 0 aliphatic carbocycles. The molecule has 9 nitrogen and oxygen atoms in total. The zero-order valence-electron chi connectivity index (χ0n) is 8.70. The number of nitrogens with one attached hydrogen (secondary N) is 2. The van der Waals surface area contributed by atoms with Crippen LogP contribution in [0.15, 0.2) is 12.4 Å². The normalized spacial score (nSPS) is 11.6. The summed E-state index contributed by atoms with van der Waals surface area (Å²) in [4.78, 5) is 25.2. The fraction of sp³-hybridized carbons (Fsp3) is 0.375. The number of aliphatic hydroxyl groups excluding tert-OH is 1. The van der Waals surface area contributed by atoms with E-state index in [1.165, 1.54) is 12.4 Å². The first-order valence-electron chi connectivity index (χ1n) is 4.69. The van der Waals surface area contributed by atoms with E-state index in [1.807, 2.05) is 0 Å². The molecule has 92 valence electrons. The Morgan fingerprint density at radius 3 is 2.76 bits per heavy atom. The van der Waals surface area contributed by atoms with E-state index in [1.54, 1.807) is 0 Å². The van der Waals surface area contributed by atoms with Crippen molar-refractivity contribution in [1.82, 2.24) is 20.5 Å². The predicted octanol–water partition coefficient (Wildman–Crippen LogP) is -1.17. The lowest BCUT2D eigenvalue weighted by atomic mass is 10.2. The monoisotopic (exact) mass is 241 g/mol. The van der Waals surface area contributed by atoms with Crippen LogP contribution in [-0.2, 0) is 4.79 Å². The molecule has 0 aliphatic rings. The summed E-state index contributed by atoms with van der Waals surface area (Å²) in [5, 5.41) is 28.9. The number of carbonyl (C=O) groups is 2. The van der Waals surface area contributed by atoms with E-state index in [0.717, 1.165) is 0 Å². The summed E-state index contributed by atoms with van der Waals surface area (Å²) < 4.78 is 0. The summed E-state index contributed by atoms with van der Waals surface area (Å²) in [5.41, 5.74) is 0. The van der Waals surface area contributed by atoms with Crippen LogP contribution in [0.25, 0.3) is 0 Å². The van der Waals surface area contributed by atoms with E-state index in [9.17, 15) is 9.59 Å². The molecule has 0 spiro atoms. The highest BCUT2D eigenvalue weighted by Crippen LogP contribution is 1.92. The number of carboxylic acids is 1. The highest BCUT2D eigenvalue weighted by Gasteiger charge is 2.12. The number of rotatable bonds is 5. The maximum absolute atomic E-state index is 11.2. The third-order valence-corrected chi connectivity index (χ3v) is 1.70. The van der Waals surface area contributed by atoms with Crippen molar-refractivity contribution in [2.45, 2.75) is 12.5 Å². The summed E-state index contributed by atoms with van der Waals surface area (Å²) in [5.74, 6) is -1.30. The van der Waals surface area contributed by atoms with E-state index >= 15 is 0 Å². The summed E-state index contributed by atoms with van der Waals surface area (Å²) >= 11 is 0. The van der Waals surface area contributed by atoms with E-state index in [-0.39, 0.29) is 18.9 Å². The minimum Gasteiger partial charge on any atom is -0.479 e. The zero-order valence-corrected chi connectivity index (χ0v) is 8.70. The SMILES string of the molecule is O=C(NCCC(O)C(=O)O)Nc1nccnn1. The Labute approximate surface area is 95.9 Å². The number of aliphatic carboxylic acids is 1. The highest BCUT2D eigenvalue weighted by atomic mass is 16.4. The Hall–Kier alpha value is -2.29. The Morgan fingerprint density at radius 2 is 2.18 bits per heavy atom. The van der Waals surface area contributed by atoms with Crippen LogP contribution in [-0.4, -0.2) is 50.0 Å². The van der Waals surface area contributed by atoms with Crippen molar-refractivity contribution in [1.29, 1.82) is 0 Å². The van der Waals surface area contributed by atoms with Crippen molar-refractivity contribution in [3.63, 3.8) is 0 Å². The van der Waals surface area contributed by atoms with Gasteiger partial charge < -0.3 is 15.5 Å². The number of urea groups is 1. The molecule has 17 heavy (non-hydrogen) atoms. The number of carboxylic acid groups (broad SMARTS) is 1. The molecule has 0 radical (unpaired) electrons. The second-order valence-electron chi connectivity index (χ2n) is 2.99. The van der Waals surface area contributed by atoms with Gasteiger partial charge in [-0.05, 0) is 0 Å². The first-order chi connectivity index (χ1) is 8.09. The Bertz CT molecular complexity index is 385. The second kappa shape index (κ2) is 6.33. The zero-order chi connectivity index (χ0) is 12.7. The van der Waals surface area contributed by atoms with Crippen LogP contribution in [0.1, 0.15) is 6.42 Å². The smallest absolute Gasteiger partial charge is 0.332 e. The molecule has 1 aromatic heterocycles. The van der Waals surface area contributed by atoms with Gasteiger partial charge in [0.15, 0.2) is 6.10 Å². The number of aliphatic hydroxyl groups is 1. The molecule has 4 N–H and O–H groups in total. The molecule has 0 saturated heterocycles. The first-order valence-corrected chi connectivity index (χ1v) is 4.69. The van der Waals surface area contributed by atoms with E-state index in [4.69, 9.17) is 10.2 Å². The van der Waals surface area contributed by atoms with Crippen LogP contribution < -0.4 is 10.6 Å². The van der Waals surface area contributed by atoms with Crippen molar-refractivity contribution in [3.05, 3.63) is 12.4 Å². The van der Waals surface area contributed by atoms with Crippen molar-refractivity contribution >= 4 is 17.9 Å². The topological polar surface area (TPSA) is 137 Å². The van der Waals surface area contributed by atoms with Gasteiger partial charge in [0.2, 0.25) is 0 Å². The minimum absolute atomic E-state index is 0.0135. The number of nitrogens with zero attached hydrogens (tertiary/aromatic N) is 3. The summed E-state index contributed by atoms with van der Waals surface area (Å²) in [6.45, 7) is 0.0135. The fourth-order valence-electron chi connectivity index (χ4n) is 0.896. The highest BCUT2D eigenvalue weighted by molar-refractivity contribution is 5.87. The Morgan fingerprint density at radius 1 is 1.41 bits per heavy atom. The van der Waals surface area contributed by atoms with Crippen molar-refractivity contribution in [2.24, 2.45) is 0 Å². The standard InChI is InChI=1S/C8H11N5O4/c14-5(6(15)16)1-2-10-8(17)12-7-9-3-4-11-13-7/h3-5,14H,1-2H2,(H,15,16)(H2,9,10,12,13,17). The molecule has 0 saturated carbocycles. The maximum Gasteiger partial charge on any atom is 0.332 e. The molecular weight excluding hydrogens is 230 g/mol. The molecule has 1 heterocycles. The van der Waals surface area contributed by atoms with Gasteiger partial charge in [0, 0.05) is 13.0 Å². The summed E-state index contributed by atoms with van der Waals surface area (Å²) in [6.07, 6.45) is 1.13. The fourth-order valence-corrected chi connectivity index (χ4v) is 0.896. The Balaban J connectivity index is 2.25. The molecule has 1 aromatic rings. The summed E-state index contributed by atoms with van der Waals surface area (Å²) in [7, 11) is 0. The van der Waals surface area contributed by atoms with Crippen LogP contribution in [0.4, 0.5) is 10.7 Å². The number of carbonyl (C=O) groups excluding carboxylic acids is 1. The number of amides is 2. The molecule has 1 atom stereocenters. The van der Waals surface area contributed by atoms with E-state index in [0.29, 0.717) is 0 Å². The van der Waals surface area contributed by atoms with Gasteiger partial charge >= 0.3 is 12.0 Å². The molecular formula is C8H11N5O4. The molecule has 1 rings (SSSR count). The lowest BCUT2D eigenvalue weighted by molar-refractivity contribution is -0.146. The van der Waals surface area contributed by atoms with Gasteiger partial charge in [-0.3, -0.25) is 5.32 Å². The van der Waals surface area contributed by atoms with Gasteiger partial charge in [-0.25, -0.2) is 14.6 Å². The largest absolute Gasteiger partial charge is 0.479 e. The van der Waals surface area contributed by atoms with Crippen molar-refractivity contribution in [2.75, 3.05) is 11.9 Å². The van der Waals surface area contributed by atoms with Gasteiger partial charge in [-0.1, -0.05) is 0 Å². The minimum atomic E-state index is -1.50. The van der Waals surface area contributed by atoms with Gasteiger partial charge in [0.25, 0.3) is 5.95 Å². The van der Waals surface area contributed by atoms with Crippen LogP contribution in [0.3, 0.4) is 0 Å². The van der Waals surface area contributed by atoms with Gasteiger partial charge in [0.05, 0.1) is 12.4 Å². The first kappa shape index (κ1) is 12.8. The third-order valence-electron chi connectivity index (χ3n) is 1.70. The van der Waals surface area contributed by atoms with Crippen LogP contribution >= 0.6 is 0 Å². The van der Waals surface area contributed by atoms with Crippen LogP contribution in [0.5, 0.6) is 0 Å². The van der Waals surface area contributed by atoms with Crippen LogP contribution in [0, 0.1) is 0 Å². The molecule has 2 amide bonds. The van der Waals surface area contributed by atoms with E-state index < -0.39 is 18.1 Å². The quantitative estimate of drug-likeness (QED) is 0.509. The average molecular weight is 241 g/mol.